The highest BCUT2D eigenvalue weighted by atomic mass is 32.2. The second-order valence-electron chi connectivity index (χ2n) is 7.36. The van der Waals surface area contributed by atoms with Gasteiger partial charge < -0.3 is 9.64 Å². The zero-order valence-electron chi connectivity index (χ0n) is 16.6. The quantitative estimate of drug-likeness (QED) is 0.527. The summed E-state index contributed by atoms with van der Waals surface area (Å²) in [6.45, 7) is 2.60. The topological polar surface area (TPSA) is 150 Å². The number of rotatable bonds is 4. The van der Waals surface area contributed by atoms with Crippen LogP contribution in [0.15, 0.2) is 10.5 Å². The third-order valence-corrected chi connectivity index (χ3v) is 7.82. The second-order valence-corrected chi connectivity index (χ2v) is 10.4. The van der Waals surface area contributed by atoms with Crippen LogP contribution in [0.4, 0.5) is 5.13 Å². The van der Waals surface area contributed by atoms with E-state index in [1.165, 1.54) is 11.3 Å². The Morgan fingerprint density at radius 3 is 2.61 bits per heavy atom. The standard InChI is InChI=1S/C17H22N6O6S2/c24-14-2-1-12(21-23(14)11-3-8-31(27,28)10-11)15(25)19-20-16(26)13-9-30-17(18-13)22-4-6-29-7-5-22/h9,11H,1-8,10H2,(H,19,25)(H,20,26). The summed E-state index contributed by atoms with van der Waals surface area (Å²) in [4.78, 5) is 43.2. The minimum absolute atomic E-state index is 0.00532. The van der Waals surface area contributed by atoms with Crippen molar-refractivity contribution in [3.8, 4) is 0 Å². The Morgan fingerprint density at radius 2 is 1.90 bits per heavy atom. The minimum atomic E-state index is -3.20. The summed E-state index contributed by atoms with van der Waals surface area (Å²) in [7, 11) is -3.20. The maximum absolute atomic E-state index is 12.4. The van der Waals surface area contributed by atoms with Crippen molar-refractivity contribution >= 4 is 49.7 Å². The number of hydrazone groups is 1. The first-order valence-corrected chi connectivity index (χ1v) is 12.5. The Balaban J connectivity index is 1.34. The Hall–Kier alpha value is -2.58. The lowest BCUT2D eigenvalue weighted by molar-refractivity contribution is -0.133. The normalized spacial score (nSPS) is 23.4. The number of thiazole rings is 1. The van der Waals surface area contributed by atoms with Crippen LogP contribution in [0, 0.1) is 0 Å². The van der Waals surface area contributed by atoms with Gasteiger partial charge in [0, 0.05) is 31.3 Å². The van der Waals surface area contributed by atoms with Gasteiger partial charge in [0.05, 0.1) is 30.8 Å². The first-order chi connectivity index (χ1) is 14.8. The molecule has 168 valence electrons. The molecule has 1 atom stereocenters. The average Bonchev–Trinajstić information content (AvgIpc) is 3.39. The van der Waals surface area contributed by atoms with E-state index in [4.69, 9.17) is 4.74 Å². The number of aromatic nitrogens is 1. The Labute approximate surface area is 182 Å². The lowest BCUT2D eigenvalue weighted by Gasteiger charge is -2.27. The average molecular weight is 471 g/mol. The maximum atomic E-state index is 12.4. The zero-order valence-corrected chi connectivity index (χ0v) is 18.2. The SMILES string of the molecule is O=C(NNC(=O)c1csc(N2CCOCC2)n1)C1=NN(C2CCS(=O)(=O)C2)C(=O)CC1. The molecule has 2 N–H and O–H groups in total. The van der Waals surface area contributed by atoms with Crippen LogP contribution in [-0.4, -0.2) is 85.7 Å². The predicted octanol–water partition coefficient (Wildman–Crippen LogP) is -1.09. The number of amides is 3. The molecule has 2 fully saturated rings. The molecule has 0 radical (unpaired) electrons. The number of hydrogen-bond donors (Lipinski definition) is 2. The molecule has 0 spiro atoms. The van der Waals surface area contributed by atoms with E-state index in [9.17, 15) is 22.8 Å². The second kappa shape index (κ2) is 8.88. The molecular weight excluding hydrogens is 448 g/mol. The number of anilines is 1. The van der Waals surface area contributed by atoms with Crippen LogP contribution in [0.1, 0.15) is 29.8 Å². The van der Waals surface area contributed by atoms with Crippen LogP contribution in [-0.2, 0) is 24.2 Å². The van der Waals surface area contributed by atoms with Crippen molar-refractivity contribution in [2.24, 2.45) is 5.10 Å². The van der Waals surface area contributed by atoms with Crippen LogP contribution < -0.4 is 15.8 Å². The van der Waals surface area contributed by atoms with Crippen LogP contribution in [0.25, 0.3) is 0 Å². The number of hydrazine groups is 1. The Morgan fingerprint density at radius 1 is 1.16 bits per heavy atom. The summed E-state index contributed by atoms with van der Waals surface area (Å²) in [6, 6.07) is -0.566. The number of ether oxygens (including phenoxy) is 1. The van der Waals surface area contributed by atoms with Crippen LogP contribution >= 0.6 is 11.3 Å². The molecule has 0 aliphatic carbocycles. The number of hydrogen-bond acceptors (Lipinski definition) is 10. The van der Waals surface area contributed by atoms with E-state index in [-0.39, 0.29) is 41.7 Å². The predicted molar refractivity (Wildman–Crippen MR) is 111 cm³/mol. The molecule has 1 aromatic heterocycles. The highest BCUT2D eigenvalue weighted by molar-refractivity contribution is 7.91. The fourth-order valence-electron chi connectivity index (χ4n) is 3.51. The van der Waals surface area contributed by atoms with Gasteiger partial charge in [-0.3, -0.25) is 25.2 Å². The van der Waals surface area contributed by atoms with Crippen molar-refractivity contribution in [1.29, 1.82) is 0 Å². The molecule has 0 bridgehead atoms. The summed E-state index contributed by atoms with van der Waals surface area (Å²) in [5.74, 6) is -1.72. The summed E-state index contributed by atoms with van der Waals surface area (Å²) in [5, 5.41) is 7.47. The van der Waals surface area contributed by atoms with Gasteiger partial charge in [-0.05, 0) is 6.42 Å². The molecule has 3 aliphatic rings. The highest BCUT2D eigenvalue weighted by Gasteiger charge is 2.37. The summed E-state index contributed by atoms with van der Waals surface area (Å²) in [6.07, 6.45) is 0.443. The monoisotopic (exact) mass is 470 g/mol. The van der Waals surface area contributed by atoms with Gasteiger partial charge in [0.15, 0.2) is 15.0 Å². The van der Waals surface area contributed by atoms with Gasteiger partial charge in [-0.15, -0.1) is 11.3 Å². The molecule has 2 saturated heterocycles. The molecule has 31 heavy (non-hydrogen) atoms. The van der Waals surface area contributed by atoms with Gasteiger partial charge in [0.2, 0.25) is 5.91 Å². The third kappa shape index (κ3) is 5.02. The number of morpholine rings is 1. The molecule has 1 aromatic rings. The molecule has 3 amide bonds. The Kier molecular flexibility index (Phi) is 6.20. The Bertz CT molecular complexity index is 1020. The fraction of sp³-hybridized carbons (Fsp3) is 0.588. The molecular formula is C17H22N6O6S2. The van der Waals surface area contributed by atoms with E-state index >= 15 is 0 Å². The van der Waals surface area contributed by atoms with Crippen molar-refractivity contribution < 1.29 is 27.5 Å². The number of nitrogens with zero attached hydrogens (tertiary/aromatic N) is 4. The molecule has 12 nitrogen and oxygen atoms in total. The highest BCUT2D eigenvalue weighted by Crippen LogP contribution is 2.23. The zero-order chi connectivity index (χ0) is 22.0. The van der Waals surface area contributed by atoms with E-state index in [0.29, 0.717) is 37.9 Å². The summed E-state index contributed by atoms with van der Waals surface area (Å²) >= 11 is 1.33. The van der Waals surface area contributed by atoms with Gasteiger partial charge in [-0.25, -0.2) is 18.4 Å². The lowest BCUT2D eigenvalue weighted by Crippen LogP contribution is -2.48. The fourth-order valence-corrected chi connectivity index (χ4v) is 6.06. The largest absolute Gasteiger partial charge is 0.378 e. The van der Waals surface area contributed by atoms with Crippen molar-refractivity contribution in [2.75, 3.05) is 42.7 Å². The lowest BCUT2D eigenvalue weighted by atomic mass is 10.1. The van der Waals surface area contributed by atoms with Gasteiger partial charge >= 0.3 is 0 Å². The number of sulfone groups is 1. The molecule has 4 rings (SSSR count). The maximum Gasteiger partial charge on any atom is 0.289 e. The van der Waals surface area contributed by atoms with Gasteiger partial charge in [0.1, 0.15) is 11.4 Å². The van der Waals surface area contributed by atoms with E-state index in [2.05, 4.69) is 20.9 Å². The van der Waals surface area contributed by atoms with Crippen molar-refractivity contribution in [3.05, 3.63) is 11.1 Å². The van der Waals surface area contributed by atoms with Crippen molar-refractivity contribution in [3.63, 3.8) is 0 Å². The first kappa shape index (κ1) is 21.6. The summed E-state index contributed by atoms with van der Waals surface area (Å²) < 4.78 is 28.7. The minimum Gasteiger partial charge on any atom is -0.378 e. The van der Waals surface area contributed by atoms with E-state index in [1.54, 1.807) is 5.38 Å². The van der Waals surface area contributed by atoms with E-state index < -0.39 is 27.7 Å². The van der Waals surface area contributed by atoms with E-state index in [0.717, 1.165) is 5.01 Å². The van der Waals surface area contributed by atoms with Crippen LogP contribution in [0.3, 0.4) is 0 Å². The van der Waals surface area contributed by atoms with Gasteiger partial charge in [-0.2, -0.15) is 5.10 Å². The molecule has 0 aromatic carbocycles. The number of carbonyl (C=O) groups excluding carboxylic acids is 3. The smallest absolute Gasteiger partial charge is 0.289 e. The molecule has 0 saturated carbocycles. The van der Waals surface area contributed by atoms with Crippen molar-refractivity contribution in [2.45, 2.75) is 25.3 Å². The molecule has 1 unspecified atom stereocenters. The summed E-state index contributed by atoms with van der Waals surface area (Å²) in [5.41, 5.74) is 4.81. The van der Waals surface area contributed by atoms with Crippen molar-refractivity contribution in [1.82, 2.24) is 20.8 Å². The van der Waals surface area contributed by atoms with E-state index in [1.807, 2.05) is 4.90 Å². The third-order valence-electron chi connectivity index (χ3n) is 5.17. The number of nitrogens with one attached hydrogen (secondary N) is 2. The number of carbonyl (C=O) groups is 3. The van der Waals surface area contributed by atoms with Crippen LogP contribution in [0.2, 0.25) is 0 Å². The van der Waals surface area contributed by atoms with Gasteiger partial charge in [-0.1, -0.05) is 0 Å². The van der Waals surface area contributed by atoms with Crippen LogP contribution in [0.5, 0.6) is 0 Å². The first-order valence-electron chi connectivity index (χ1n) is 9.81. The molecule has 4 heterocycles. The molecule has 14 heteroatoms. The van der Waals surface area contributed by atoms with Gasteiger partial charge in [0.25, 0.3) is 11.8 Å². The molecule has 3 aliphatic heterocycles.